The number of rotatable bonds is 6. The van der Waals surface area contributed by atoms with E-state index in [9.17, 15) is 9.18 Å². The summed E-state index contributed by atoms with van der Waals surface area (Å²) in [6.07, 6.45) is 1.56. The first kappa shape index (κ1) is 16.0. The number of methoxy groups -OCH3 is 1. The second-order valence-corrected chi connectivity index (χ2v) is 5.00. The molecule has 0 saturated carbocycles. The molecule has 0 radical (unpaired) electrons. The number of halogens is 1. The largest absolute Gasteiger partial charge is 0.491 e. The fraction of sp³-hybridized carbons (Fsp3) is 0.375. The number of nitrogens with one attached hydrogen (secondary N) is 1. The number of aromatic amines is 1. The van der Waals surface area contributed by atoms with Gasteiger partial charge in [-0.15, -0.1) is 0 Å². The van der Waals surface area contributed by atoms with Crippen LogP contribution < -0.4 is 4.74 Å². The van der Waals surface area contributed by atoms with E-state index in [4.69, 9.17) is 4.74 Å². The van der Waals surface area contributed by atoms with Crippen LogP contribution in [-0.2, 0) is 11.2 Å². The summed E-state index contributed by atoms with van der Waals surface area (Å²) in [4.78, 5) is 11.3. The second kappa shape index (κ2) is 7.06. The Morgan fingerprint density at radius 1 is 1.36 bits per heavy atom. The van der Waals surface area contributed by atoms with Gasteiger partial charge in [-0.25, -0.2) is 9.18 Å². The Morgan fingerprint density at radius 3 is 2.73 bits per heavy atom. The molecule has 5 nitrogen and oxygen atoms in total. The normalized spacial score (nSPS) is 10.5. The van der Waals surface area contributed by atoms with Gasteiger partial charge < -0.3 is 9.47 Å². The summed E-state index contributed by atoms with van der Waals surface area (Å²) in [6.45, 7) is 4.31. The summed E-state index contributed by atoms with van der Waals surface area (Å²) >= 11 is 0. The van der Waals surface area contributed by atoms with Gasteiger partial charge in [0.25, 0.3) is 0 Å². The van der Waals surface area contributed by atoms with E-state index in [1.54, 1.807) is 0 Å². The Morgan fingerprint density at radius 2 is 2.14 bits per heavy atom. The molecule has 0 unspecified atom stereocenters. The molecule has 0 amide bonds. The SMILES string of the molecule is COC(=O)c1ccc(OCCCc2c(C)n[nH]c2C)c(F)c1. The van der Waals surface area contributed by atoms with Crippen LogP contribution in [-0.4, -0.2) is 29.9 Å². The fourth-order valence-electron chi connectivity index (χ4n) is 2.24. The predicted molar refractivity (Wildman–Crippen MR) is 79.6 cm³/mol. The van der Waals surface area contributed by atoms with E-state index in [-0.39, 0.29) is 11.3 Å². The van der Waals surface area contributed by atoms with Gasteiger partial charge in [0.2, 0.25) is 0 Å². The molecular formula is C16H19FN2O3. The van der Waals surface area contributed by atoms with E-state index in [1.807, 2.05) is 13.8 Å². The zero-order chi connectivity index (χ0) is 16.1. The van der Waals surface area contributed by atoms with E-state index in [1.165, 1.54) is 24.8 Å². The Bertz CT molecular complexity index is 648. The van der Waals surface area contributed by atoms with Gasteiger partial charge in [0.15, 0.2) is 11.6 Å². The Balaban J connectivity index is 1.88. The number of hydrogen-bond donors (Lipinski definition) is 1. The van der Waals surface area contributed by atoms with Crippen LogP contribution in [0.1, 0.15) is 33.7 Å². The van der Waals surface area contributed by atoms with E-state index < -0.39 is 11.8 Å². The molecule has 0 fully saturated rings. The van der Waals surface area contributed by atoms with Gasteiger partial charge in [-0.2, -0.15) is 5.10 Å². The summed E-state index contributed by atoms with van der Waals surface area (Å²) in [7, 11) is 1.25. The lowest BCUT2D eigenvalue weighted by Gasteiger charge is -2.08. The van der Waals surface area contributed by atoms with Crippen molar-refractivity contribution in [1.82, 2.24) is 10.2 Å². The predicted octanol–water partition coefficient (Wildman–Crippen LogP) is 2.96. The first-order chi connectivity index (χ1) is 10.5. The molecule has 0 atom stereocenters. The molecule has 6 heteroatoms. The Kier molecular flexibility index (Phi) is 5.14. The van der Waals surface area contributed by atoms with Gasteiger partial charge in [-0.05, 0) is 50.5 Å². The van der Waals surface area contributed by atoms with Gasteiger partial charge in [0.05, 0.1) is 25.0 Å². The van der Waals surface area contributed by atoms with Crippen LogP contribution >= 0.6 is 0 Å². The third-order valence-electron chi connectivity index (χ3n) is 3.46. The molecule has 0 bridgehead atoms. The molecule has 1 aromatic heterocycles. The lowest BCUT2D eigenvalue weighted by atomic mass is 10.1. The van der Waals surface area contributed by atoms with Gasteiger partial charge in [-0.3, -0.25) is 5.10 Å². The van der Waals surface area contributed by atoms with Crippen molar-refractivity contribution >= 4 is 5.97 Å². The van der Waals surface area contributed by atoms with Crippen molar-refractivity contribution in [3.05, 3.63) is 46.5 Å². The molecule has 0 saturated heterocycles. The molecule has 1 N–H and O–H groups in total. The lowest BCUT2D eigenvalue weighted by Crippen LogP contribution is -2.05. The number of benzene rings is 1. The highest BCUT2D eigenvalue weighted by Crippen LogP contribution is 2.19. The second-order valence-electron chi connectivity index (χ2n) is 5.00. The van der Waals surface area contributed by atoms with Crippen LogP contribution in [0.25, 0.3) is 0 Å². The molecule has 118 valence electrons. The van der Waals surface area contributed by atoms with Gasteiger partial charge in [0, 0.05) is 5.69 Å². The maximum absolute atomic E-state index is 13.8. The number of aryl methyl sites for hydroxylation is 2. The highest BCUT2D eigenvalue weighted by Gasteiger charge is 2.11. The maximum atomic E-state index is 13.8. The van der Waals surface area contributed by atoms with Gasteiger partial charge in [-0.1, -0.05) is 0 Å². The smallest absolute Gasteiger partial charge is 0.337 e. The molecule has 1 heterocycles. The van der Waals surface area contributed by atoms with Crippen LogP contribution in [0.5, 0.6) is 5.75 Å². The van der Waals surface area contributed by atoms with E-state index in [0.717, 1.165) is 30.3 Å². The van der Waals surface area contributed by atoms with Crippen LogP contribution in [0, 0.1) is 19.7 Å². The van der Waals surface area contributed by atoms with Crippen LogP contribution in [0.4, 0.5) is 4.39 Å². The highest BCUT2D eigenvalue weighted by molar-refractivity contribution is 5.89. The number of hydrogen-bond acceptors (Lipinski definition) is 4. The Hall–Kier alpha value is -2.37. The molecule has 0 aliphatic rings. The molecule has 0 aliphatic heterocycles. The minimum Gasteiger partial charge on any atom is -0.491 e. The molecule has 2 rings (SSSR count). The van der Waals surface area contributed by atoms with Gasteiger partial charge >= 0.3 is 5.97 Å². The molecular weight excluding hydrogens is 287 g/mol. The highest BCUT2D eigenvalue weighted by atomic mass is 19.1. The van der Waals surface area contributed by atoms with Crippen LogP contribution in [0.3, 0.4) is 0 Å². The summed E-state index contributed by atoms with van der Waals surface area (Å²) in [5.74, 6) is -1.01. The van der Waals surface area contributed by atoms with Crippen LogP contribution in [0.2, 0.25) is 0 Å². The summed E-state index contributed by atoms with van der Waals surface area (Å²) in [6, 6.07) is 4.04. The molecule has 0 aliphatic carbocycles. The lowest BCUT2D eigenvalue weighted by molar-refractivity contribution is 0.0600. The summed E-state index contributed by atoms with van der Waals surface area (Å²) in [5, 5.41) is 7.06. The van der Waals surface area contributed by atoms with E-state index in [0.29, 0.717) is 6.61 Å². The number of ether oxygens (including phenoxy) is 2. The van der Waals surface area contributed by atoms with Crippen molar-refractivity contribution in [2.75, 3.05) is 13.7 Å². The summed E-state index contributed by atoms with van der Waals surface area (Å²) < 4.78 is 23.8. The summed E-state index contributed by atoms with van der Waals surface area (Å²) in [5.41, 5.74) is 3.36. The van der Waals surface area contributed by atoms with E-state index >= 15 is 0 Å². The van der Waals surface area contributed by atoms with E-state index in [2.05, 4.69) is 14.9 Å². The topological polar surface area (TPSA) is 64.2 Å². The first-order valence-electron chi connectivity index (χ1n) is 7.04. The van der Waals surface area contributed by atoms with Gasteiger partial charge in [0.1, 0.15) is 0 Å². The van der Waals surface area contributed by atoms with Crippen molar-refractivity contribution < 1.29 is 18.7 Å². The number of nitrogens with zero attached hydrogens (tertiary/aromatic N) is 1. The average molecular weight is 306 g/mol. The third-order valence-corrected chi connectivity index (χ3v) is 3.46. The van der Waals surface area contributed by atoms with Crippen molar-refractivity contribution in [3.63, 3.8) is 0 Å². The molecule has 2 aromatic rings. The minimum absolute atomic E-state index is 0.133. The molecule has 22 heavy (non-hydrogen) atoms. The zero-order valence-electron chi connectivity index (χ0n) is 12.9. The number of esters is 1. The standard InChI is InChI=1S/C16H19FN2O3/c1-10-13(11(2)19-18-10)5-4-8-22-15-7-6-12(9-14(15)17)16(20)21-3/h6-7,9H,4-5,8H2,1-3H3,(H,18,19). The average Bonchev–Trinajstić information content (AvgIpc) is 2.83. The zero-order valence-corrected chi connectivity index (χ0v) is 12.9. The number of H-pyrrole nitrogens is 1. The number of carbonyl (C=O) groups excluding carboxylic acids is 1. The molecule has 1 aromatic carbocycles. The monoisotopic (exact) mass is 306 g/mol. The number of carbonyl (C=O) groups is 1. The van der Waals surface area contributed by atoms with Crippen molar-refractivity contribution in [1.29, 1.82) is 0 Å². The van der Waals surface area contributed by atoms with Crippen LogP contribution in [0.15, 0.2) is 18.2 Å². The fourth-order valence-corrected chi connectivity index (χ4v) is 2.24. The molecule has 0 spiro atoms. The minimum atomic E-state index is -0.573. The third kappa shape index (κ3) is 3.63. The van der Waals surface area contributed by atoms with Crippen molar-refractivity contribution in [2.45, 2.75) is 26.7 Å². The first-order valence-corrected chi connectivity index (χ1v) is 7.04. The number of aromatic nitrogens is 2. The van der Waals surface area contributed by atoms with Crippen molar-refractivity contribution in [3.8, 4) is 5.75 Å². The Labute approximate surface area is 128 Å². The maximum Gasteiger partial charge on any atom is 0.337 e. The quantitative estimate of drug-likeness (QED) is 0.658. The van der Waals surface area contributed by atoms with Crippen molar-refractivity contribution in [2.24, 2.45) is 0 Å².